The minimum Gasteiger partial charge on any atom is -0.466 e. The normalized spacial score (nSPS) is 12.9. The molecule has 2 rings (SSSR count). The quantitative estimate of drug-likeness (QED) is 0.835. The summed E-state index contributed by atoms with van der Waals surface area (Å²) in [5, 5.41) is 9.80. The van der Waals surface area contributed by atoms with E-state index in [1.54, 1.807) is 12.5 Å². The van der Waals surface area contributed by atoms with Crippen LogP contribution in [-0.2, 0) is 13.0 Å². The smallest absolute Gasteiger partial charge is 0.104 e. The number of aromatic nitrogens is 2. The van der Waals surface area contributed by atoms with Gasteiger partial charge in [-0.25, -0.2) is 4.98 Å². The molecular weight excluding hydrogens is 204 g/mol. The zero-order valence-corrected chi connectivity index (χ0v) is 9.34. The van der Waals surface area contributed by atoms with Crippen molar-refractivity contribution in [1.82, 2.24) is 9.55 Å². The molecule has 1 unspecified atom stereocenters. The maximum Gasteiger partial charge on any atom is 0.104 e. The molecule has 0 saturated heterocycles. The lowest BCUT2D eigenvalue weighted by atomic mass is 10.1. The third-order valence-corrected chi connectivity index (χ3v) is 2.50. The molecule has 0 aliphatic rings. The summed E-state index contributed by atoms with van der Waals surface area (Å²) in [6.07, 6.45) is 6.37. The molecule has 0 radical (unpaired) electrons. The molecule has 1 atom stereocenters. The van der Waals surface area contributed by atoms with Gasteiger partial charge < -0.3 is 14.1 Å². The van der Waals surface area contributed by atoms with Crippen molar-refractivity contribution in [3.63, 3.8) is 0 Å². The van der Waals surface area contributed by atoms with E-state index in [4.69, 9.17) is 4.42 Å². The molecule has 1 N–H and O–H groups in total. The first-order chi connectivity index (χ1) is 7.74. The first kappa shape index (κ1) is 11.0. The molecule has 0 aromatic carbocycles. The van der Waals surface area contributed by atoms with Crippen molar-refractivity contribution in [2.45, 2.75) is 32.4 Å². The predicted octanol–water partition coefficient (Wildman–Crippen LogP) is 1.78. The Morgan fingerprint density at radius 1 is 1.50 bits per heavy atom. The van der Waals surface area contributed by atoms with Gasteiger partial charge in [0, 0.05) is 25.4 Å². The van der Waals surface area contributed by atoms with Crippen LogP contribution in [0.3, 0.4) is 0 Å². The number of aliphatic hydroxyl groups is 1. The number of hydrogen-bond donors (Lipinski definition) is 1. The highest BCUT2D eigenvalue weighted by atomic mass is 16.3. The largest absolute Gasteiger partial charge is 0.466 e. The lowest BCUT2D eigenvalue weighted by Crippen LogP contribution is -2.15. The summed E-state index contributed by atoms with van der Waals surface area (Å²) >= 11 is 0. The Kier molecular flexibility index (Phi) is 3.41. The summed E-state index contributed by atoms with van der Waals surface area (Å²) in [5.74, 6) is 1.85. The van der Waals surface area contributed by atoms with Crippen molar-refractivity contribution in [2.24, 2.45) is 0 Å². The number of nitrogens with zero attached hydrogens (tertiary/aromatic N) is 2. The zero-order valence-electron chi connectivity index (χ0n) is 9.34. The van der Waals surface area contributed by atoms with Crippen LogP contribution >= 0.6 is 0 Å². The van der Waals surface area contributed by atoms with Crippen molar-refractivity contribution >= 4 is 0 Å². The fourth-order valence-electron chi connectivity index (χ4n) is 1.66. The molecule has 0 fully saturated rings. The van der Waals surface area contributed by atoms with E-state index in [1.165, 1.54) is 0 Å². The Balaban J connectivity index is 1.77. The maximum absolute atomic E-state index is 9.80. The molecule has 86 valence electrons. The van der Waals surface area contributed by atoms with E-state index in [2.05, 4.69) is 4.98 Å². The lowest BCUT2D eigenvalue weighted by molar-refractivity contribution is 0.142. The lowest BCUT2D eigenvalue weighted by Gasteiger charge is -2.09. The topological polar surface area (TPSA) is 51.2 Å². The van der Waals surface area contributed by atoms with Gasteiger partial charge in [-0.1, -0.05) is 0 Å². The monoisotopic (exact) mass is 220 g/mol. The van der Waals surface area contributed by atoms with Crippen LogP contribution < -0.4 is 0 Å². The molecule has 0 spiro atoms. The summed E-state index contributed by atoms with van der Waals surface area (Å²) in [4.78, 5) is 3.93. The van der Waals surface area contributed by atoms with Crippen LogP contribution in [0.4, 0.5) is 0 Å². The molecule has 0 aliphatic carbocycles. The van der Waals surface area contributed by atoms with Gasteiger partial charge in [-0.05, 0) is 25.5 Å². The summed E-state index contributed by atoms with van der Waals surface area (Å²) in [6.45, 7) is 2.51. The highest BCUT2D eigenvalue weighted by Crippen LogP contribution is 2.10. The number of aryl methyl sites for hydroxylation is 2. The molecule has 0 aliphatic heterocycles. The number of aliphatic hydroxyl groups excluding tert-OH is 1. The zero-order chi connectivity index (χ0) is 11.4. The summed E-state index contributed by atoms with van der Waals surface area (Å²) in [6, 6.07) is 3.90. The second kappa shape index (κ2) is 4.99. The van der Waals surface area contributed by atoms with E-state index in [0.717, 1.165) is 17.9 Å². The van der Waals surface area contributed by atoms with Crippen molar-refractivity contribution < 1.29 is 9.52 Å². The van der Waals surface area contributed by atoms with Crippen LogP contribution in [0, 0.1) is 6.92 Å². The second-order valence-electron chi connectivity index (χ2n) is 3.96. The van der Waals surface area contributed by atoms with Gasteiger partial charge in [0.25, 0.3) is 0 Å². The second-order valence-corrected chi connectivity index (χ2v) is 3.96. The Morgan fingerprint density at radius 2 is 2.38 bits per heavy atom. The van der Waals surface area contributed by atoms with Crippen molar-refractivity contribution in [1.29, 1.82) is 0 Å². The maximum atomic E-state index is 9.80. The van der Waals surface area contributed by atoms with Gasteiger partial charge in [0.2, 0.25) is 0 Å². The van der Waals surface area contributed by atoms with Gasteiger partial charge in [0.1, 0.15) is 11.5 Å². The van der Waals surface area contributed by atoms with Crippen molar-refractivity contribution in [2.75, 3.05) is 0 Å². The average Bonchev–Trinajstić information content (AvgIpc) is 2.87. The van der Waals surface area contributed by atoms with Crippen LogP contribution in [0.2, 0.25) is 0 Å². The Morgan fingerprint density at radius 3 is 3.00 bits per heavy atom. The van der Waals surface area contributed by atoms with E-state index in [1.807, 2.05) is 29.8 Å². The van der Waals surface area contributed by atoms with Crippen LogP contribution in [0.5, 0.6) is 0 Å². The third-order valence-electron chi connectivity index (χ3n) is 2.50. The Labute approximate surface area is 94.5 Å². The van der Waals surface area contributed by atoms with E-state index in [-0.39, 0.29) is 6.10 Å². The first-order valence-electron chi connectivity index (χ1n) is 5.43. The summed E-state index contributed by atoms with van der Waals surface area (Å²) < 4.78 is 7.31. The van der Waals surface area contributed by atoms with Gasteiger partial charge in [0.05, 0.1) is 12.4 Å². The standard InChI is InChI=1S/C12H16N2O2/c1-10-2-4-12(16-10)5-3-11(15)8-14-7-6-13-9-14/h2,4,6-7,9,11,15H,3,5,8H2,1H3. The molecule has 4 heteroatoms. The molecule has 0 bridgehead atoms. The van der Waals surface area contributed by atoms with Gasteiger partial charge >= 0.3 is 0 Å². The van der Waals surface area contributed by atoms with Crippen molar-refractivity contribution in [3.8, 4) is 0 Å². The van der Waals surface area contributed by atoms with Gasteiger partial charge in [0.15, 0.2) is 0 Å². The van der Waals surface area contributed by atoms with E-state index >= 15 is 0 Å². The molecule has 2 aromatic heterocycles. The highest BCUT2D eigenvalue weighted by Gasteiger charge is 2.07. The van der Waals surface area contributed by atoms with Gasteiger partial charge in [-0.2, -0.15) is 0 Å². The molecule has 2 aromatic rings. The van der Waals surface area contributed by atoms with Crippen LogP contribution in [0.15, 0.2) is 35.3 Å². The van der Waals surface area contributed by atoms with Gasteiger partial charge in [-0.15, -0.1) is 0 Å². The van der Waals surface area contributed by atoms with E-state index in [9.17, 15) is 5.11 Å². The SMILES string of the molecule is Cc1ccc(CCC(O)Cn2ccnc2)o1. The third kappa shape index (κ3) is 2.97. The van der Waals surface area contributed by atoms with E-state index in [0.29, 0.717) is 13.0 Å². The number of imidazole rings is 1. The highest BCUT2D eigenvalue weighted by molar-refractivity contribution is 5.05. The van der Waals surface area contributed by atoms with Gasteiger partial charge in [-0.3, -0.25) is 0 Å². The first-order valence-corrected chi connectivity index (χ1v) is 5.43. The van der Waals surface area contributed by atoms with Crippen LogP contribution in [-0.4, -0.2) is 20.8 Å². The number of furan rings is 1. The number of hydrogen-bond acceptors (Lipinski definition) is 3. The molecule has 4 nitrogen and oxygen atoms in total. The number of rotatable bonds is 5. The van der Waals surface area contributed by atoms with Crippen molar-refractivity contribution in [3.05, 3.63) is 42.4 Å². The average molecular weight is 220 g/mol. The minimum absolute atomic E-state index is 0.361. The molecule has 16 heavy (non-hydrogen) atoms. The van der Waals surface area contributed by atoms with Crippen LogP contribution in [0.25, 0.3) is 0 Å². The molecular formula is C12H16N2O2. The predicted molar refractivity (Wildman–Crippen MR) is 60.0 cm³/mol. The fourth-order valence-corrected chi connectivity index (χ4v) is 1.66. The molecule has 2 heterocycles. The minimum atomic E-state index is -0.361. The van der Waals surface area contributed by atoms with Crippen LogP contribution in [0.1, 0.15) is 17.9 Å². The Bertz CT molecular complexity index is 420. The Hall–Kier alpha value is -1.55. The molecule has 0 amide bonds. The fraction of sp³-hybridized carbons (Fsp3) is 0.417. The molecule has 0 saturated carbocycles. The summed E-state index contributed by atoms with van der Waals surface area (Å²) in [7, 11) is 0. The summed E-state index contributed by atoms with van der Waals surface area (Å²) in [5.41, 5.74) is 0. The van der Waals surface area contributed by atoms with E-state index < -0.39 is 0 Å².